The summed E-state index contributed by atoms with van der Waals surface area (Å²) in [7, 11) is 1.62. The van der Waals surface area contributed by atoms with Gasteiger partial charge in [-0.3, -0.25) is 0 Å². The standard InChI is InChI=1S/C15H12N2O2S/c1-18-13-7-3-2-6-12(13)15-16-14(19-17-15)9-8-11-5-4-10-20-11/h2-10H,1H3/b9-8+. The first kappa shape index (κ1) is 12.6. The SMILES string of the molecule is COc1ccccc1-c1noc(/C=C/c2cccs2)n1. The molecular formula is C15H12N2O2S. The van der Waals surface area contributed by atoms with Crippen LogP contribution in [0.2, 0.25) is 0 Å². The van der Waals surface area contributed by atoms with Gasteiger partial charge in [-0.25, -0.2) is 0 Å². The number of rotatable bonds is 4. The van der Waals surface area contributed by atoms with Gasteiger partial charge in [0, 0.05) is 11.0 Å². The van der Waals surface area contributed by atoms with Crippen LogP contribution in [0.5, 0.6) is 5.75 Å². The van der Waals surface area contributed by atoms with Crippen LogP contribution < -0.4 is 4.74 Å². The zero-order valence-electron chi connectivity index (χ0n) is 10.8. The van der Waals surface area contributed by atoms with E-state index < -0.39 is 0 Å². The Balaban J connectivity index is 1.87. The summed E-state index contributed by atoms with van der Waals surface area (Å²) in [6.07, 6.45) is 3.75. The largest absolute Gasteiger partial charge is 0.496 e. The molecule has 0 aliphatic heterocycles. The normalized spacial score (nSPS) is 11.1. The third kappa shape index (κ3) is 2.62. The Hall–Kier alpha value is -2.40. The van der Waals surface area contributed by atoms with Crippen LogP contribution in [0, 0.1) is 0 Å². The topological polar surface area (TPSA) is 48.2 Å². The second-order valence-corrected chi connectivity index (χ2v) is 4.98. The van der Waals surface area contributed by atoms with Crippen LogP contribution in [-0.4, -0.2) is 17.3 Å². The van der Waals surface area contributed by atoms with Crippen LogP contribution in [-0.2, 0) is 0 Å². The minimum absolute atomic E-state index is 0.472. The number of nitrogens with zero attached hydrogens (tertiary/aromatic N) is 2. The number of hydrogen-bond acceptors (Lipinski definition) is 5. The van der Waals surface area contributed by atoms with E-state index in [0.29, 0.717) is 11.7 Å². The van der Waals surface area contributed by atoms with E-state index in [4.69, 9.17) is 9.26 Å². The molecule has 0 saturated carbocycles. The van der Waals surface area contributed by atoms with Crippen molar-refractivity contribution in [3.8, 4) is 17.1 Å². The number of aromatic nitrogens is 2. The maximum Gasteiger partial charge on any atom is 0.250 e. The van der Waals surface area contributed by atoms with E-state index >= 15 is 0 Å². The molecule has 0 fully saturated rings. The number of hydrogen-bond donors (Lipinski definition) is 0. The van der Waals surface area contributed by atoms with Crippen molar-refractivity contribution in [2.75, 3.05) is 7.11 Å². The van der Waals surface area contributed by atoms with Crippen LogP contribution in [0.3, 0.4) is 0 Å². The average molecular weight is 284 g/mol. The molecule has 0 unspecified atom stereocenters. The number of ether oxygens (including phenoxy) is 1. The predicted molar refractivity (Wildman–Crippen MR) is 79.5 cm³/mol. The number of para-hydroxylation sites is 1. The molecule has 4 nitrogen and oxygen atoms in total. The van der Waals surface area contributed by atoms with Gasteiger partial charge in [-0.1, -0.05) is 23.4 Å². The molecule has 20 heavy (non-hydrogen) atoms. The van der Waals surface area contributed by atoms with Gasteiger partial charge in [0.05, 0.1) is 12.7 Å². The van der Waals surface area contributed by atoms with E-state index in [2.05, 4.69) is 10.1 Å². The third-order valence-electron chi connectivity index (χ3n) is 2.72. The highest BCUT2D eigenvalue weighted by molar-refractivity contribution is 7.10. The van der Waals surface area contributed by atoms with E-state index in [1.54, 1.807) is 24.5 Å². The van der Waals surface area contributed by atoms with Crippen molar-refractivity contribution in [2.24, 2.45) is 0 Å². The summed E-state index contributed by atoms with van der Waals surface area (Å²) < 4.78 is 10.5. The summed E-state index contributed by atoms with van der Waals surface area (Å²) in [5.74, 6) is 1.72. The highest BCUT2D eigenvalue weighted by Gasteiger charge is 2.11. The highest BCUT2D eigenvalue weighted by atomic mass is 32.1. The maximum absolute atomic E-state index is 5.29. The Bertz CT molecular complexity index is 717. The Kier molecular flexibility index (Phi) is 3.60. The Morgan fingerprint density at radius 1 is 1.15 bits per heavy atom. The fourth-order valence-corrected chi connectivity index (χ4v) is 2.40. The molecule has 2 heterocycles. The number of methoxy groups -OCH3 is 1. The molecule has 0 amide bonds. The van der Waals surface area contributed by atoms with Crippen molar-refractivity contribution in [2.45, 2.75) is 0 Å². The summed E-state index contributed by atoms with van der Waals surface area (Å²) in [5, 5.41) is 6.00. The predicted octanol–water partition coefficient (Wildman–Crippen LogP) is 3.98. The van der Waals surface area contributed by atoms with Crippen molar-refractivity contribution in [3.63, 3.8) is 0 Å². The monoisotopic (exact) mass is 284 g/mol. The molecule has 0 radical (unpaired) electrons. The molecule has 0 aliphatic carbocycles. The lowest BCUT2D eigenvalue weighted by Gasteiger charge is -2.02. The highest BCUT2D eigenvalue weighted by Crippen LogP contribution is 2.27. The smallest absolute Gasteiger partial charge is 0.250 e. The molecule has 2 aromatic heterocycles. The molecule has 0 aliphatic rings. The zero-order chi connectivity index (χ0) is 13.8. The fraction of sp³-hybridized carbons (Fsp3) is 0.0667. The second-order valence-electron chi connectivity index (χ2n) is 4.01. The minimum atomic E-state index is 0.472. The summed E-state index contributed by atoms with van der Waals surface area (Å²) in [6, 6.07) is 11.6. The zero-order valence-corrected chi connectivity index (χ0v) is 11.6. The lowest BCUT2D eigenvalue weighted by Crippen LogP contribution is -1.88. The van der Waals surface area contributed by atoms with Crippen LogP contribution in [0.25, 0.3) is 23.5 Å². The molecule has 3 rings (SSSR count). The van der Waals surface area contributed by atoms with Gasteiger partial charge in [-0.2, -0.15) is 4.98 Å². The molecule has 3 aromatic rings. The molecule has 100 valence electrons. The van der Waals surface area contributed by atoms with Crippen molar-refractivity contribution in [1.82, 2.24) is 10.1 Å². The first-order chi connectivity index (χ1) is 9.86. The summed E-state index contributed by atoms with van der Waals surface area (Å²) in [6.45, 7) is 0. The van der Waals surface area contributed by atoms with Gasteiger partial charge in [0.1, 0.15) is 5.75 Å². The molecule has 1 aromatic carbocycles. The average Bonchev–Trinajstić information content (AvgIpc) is 3.16. The quantitative estimate of drug-likeness (QED) is 0.727. The van der Waals surface area contributed by atoms with Crippen molar-refractivity contribution < 1.29 is 9.26 Å². The summed E-state index contributed by atoms with van der Waals surface area (Å²) in [5.41, 5.74) is 0.814. The Morgan fingerprint density at radius 2 is 2.05 bits per heavy atom. The van der Waals surface area contributed by atoms with Gasteiger partial charge < -0.3 is 9.26 Å². The van der Waals surface area contributed by atoms with E-state index in [9.17, 15) is 0 Å². The van der Waals surface area contributed by atoms with Crippen LogP contribution in [0.1, 0.15) is 10.8 Å². The third-order valence-corrected chi connectivity index (χ3v) is 3.56. The van der Waals surface area contributed by atoms with E-state index in [1.165, 1.54) is 0 Å². The van der Waals surface area contributed by atoms with Gasteiger partial charge in [0.15, 0.2) is 0 Å². The number of thiophene rings is 1. The van der Waals surface area contributed by atoms with Gasteiger partial charge in [-0.05, 0) is 29.7 Å². The summed E-state index contributed by atoms with van der Waals surface area (Å²) in [4.78, 5) is 5.49. The van der Waals surface area contributed by atoms with Crippen LogP contribution >= 0.6 is 11.3 Å². The van der Waals surface area contributed by atoms with E-state index in [-0.39, 0.29) is 0 Å². The second kappa shape index (κ2) is 5.71. The van der Waals surface area contributed by atoms with Crippen molar-refractivity contribution in [3.05, 3.63) is 52.5 Å². The Morgan fingerprint density at radius 3 is 2.85 bits per heavy atom. The van der Waals surface area contributed by atoms with Crippen molar-refractivity contribution >= 4 is 23.5 Å². The maximum atomic E-state index is 5.29. The molecular weight excluding hydrogens is 272 g/mol. The Labute approximate surface area is 120 Å². The fourth-order valence-electron chi connectivity index (χ4n) is 1.78. The van der Waals surface area contributed by atoms with E-state index in [1.807, 2.05) is 47.9 Å². The molecule has 5 heteroatoms. The summed E-state index contributed by atoms with van der Waals surface area (Å²) >= 11 is 1.65. The first-order valence-corrected chi connectivity index (χ1v) is 6.93. The van der Waals surface area contributed by atoms with Crippen molar-refractivity contribution in [1.29, 1.82) is 0 Å². The van der Waals surface area contributed by atoms with E-state index in [0.717, 1.165) is 16.2 Å². The molecule has 0 atom stereocenters. The molecule has 0 saturated heterocycles. The lowest BCUT2D eigenvalue weighted by molar-refractivity contribution is 0.406. The minimum Gasteiger partial charge on any atom is -0.496 e. The van der Waals surface area contributed by atoms with Crippen LogP contribution in [0.15, 0.2) is 46.3 Å². The molecule has 0 spiro atoms. The number of benzene rings is 1. The van der Waals surface area contributed by atoms with Gasteiger partial charge in [0.25, 0.3) is 5.89 Å². The molecule has 0 N–H and O–H groups in total. The van der Waals surface area contributed by atoms with Gasteiger partial charge >= 0.3 is 0 Å². The van der Waals surface area contributed by atoms with Gasteiger partial charge in [0.2, 0.25) is 5.82 Å². The van der Waals surface area contributed by atoms with Crippen LogP contribution in [0.4, 0.5) is 0 Å². The van der Waals surface area contributed by atoms with Gasteiger partial charge in [-0.15, -0.1) is 11.3 Å². The first-order valence-electron chi connectivity index (χ1n) is 6.05. The molecule has 0 bridgehead atoms. The lowest BCUT2D eigenvalue weighted by atomic mass is 10.2.